The van der Waals surface area contributed by atoms with Crippen LogP contribution in [0.3, 0.4) is 0 Å². The first-order valence-electron chi connectivity index (χ1n) is 8.71. The maximum absolute atomic E-state index is 12.3. The number of carbonyl (C=O) groups excluding carboxylic acids is 1. The molecule has 11 heteroatoms. The van der Waals surface area contributed by atoms with E-state index in [4.69, 9.17) is 14.2 Å². The highest BCUT2D eigenvalue weighted by Crippen LogP contribution is 2.29. The molecule has 2 aromatic carbocycles. The van der Waals surface area contributed by atoms with Crippen molar-refractivity contribution in [2.45, 2.75) is 6.54 Å². The highest BCUT2D eigenvalue weighted by Gasteiger charge is 2.18. The molecule has 0 aliphatic heterocycles. The van der Waals surface area contributed by atoms with Gasteiger partial charge in [0.05, 0.1) is 31.8 Å². The molecule has 0 unspecified atom stereocenters. The van der Waals surface area contributed by atoms with Gasteiger partial charge >= 0.3 is 6.03 Å². The Morgan fingerprint density at radius 2 is 1.70 bits per heavy atom. The molecule has 11 nitrogen and oxygen atoms in total. The molecule has 0 bridgehead atoms. The first-order chi connectivity index (χ1) is 14.4. The zero-order valence-electron chi connectivity index (χ0n) is 16.5. The summed E-state index contributed by atoms with van der Waals surface area (Å²) in [4.78, 5) is 31.6. The van der Waals surface area contributed by atoms with E-state index in [1.54, 1.807) is 31.4 Å². The molecular weight excluding hydrogens is 394 g/mol. The lowest BCUT2D eigenvalue weighted by molar-refractivity contribution is -0.384. The lowest BCUT2D eigenvalue weighted by Gasteiger charge is -2.12. The van der Waals surface area contributed by atoms with Crippen LogP contribution in [0.1, 0.15) is 5.56 Å². The van der Waals surface area contributed by atoms with Crippen molar-refractivity contribution in [2.75, 3.05) is 26.6 Å². The molecule has 2 amide bonds. The summed E-state index contributed by atoms with van der Waals surface area (Å²) < 4.78 is 15.3. The number of nitro benzene ring substituents is 1. The standard InChI is InChI=1S/C19H19N5O6/c1-28-14-6-4-12(5-7-14)21-19(25)20-10-11-8-13(24(26)27)9-15-16(11)23-18(30-3)17(22-15)29-2/h4-9H,10H2,1-3H3,(H2,20,21,25). The molecule has 0 saturated heterocycles. The Kier molecular flexibility index (Phi) is 6.11. The maximum atomic E-state index is 12.3. The van der Waals surface area contributed by atoms with Crippen molar-refractivity contribution in [3.8, 4) is 17.5 Å². The number of carbonyl (C=O) groups is 1. The molecule has 156 valence electrons. The van der Waals surface area contributed by atoms with E-state index in [-0.39, 0.29) is 29.5 Å². The van der Waals surface area contributed by atoms with E-state index in [1.165, 1.54) is 26.4 Å². The van der Waals surface area contributed by atoms with Gasteiger partial charge in [0, 0.05) is 29.9 Å². The topological polar surface area (TPSA) is 138 Å². The number of aromatic nitrogens is 2. The van der Waals surface area contributed by atoms with Gasteiger partial charge in [0.2, 0.25) is 0 Å². The second kappa shape index (κ2) is 8.90. The number of nitrogens with zero attached hydrogens (tertiary/aromatic N) is 3. The van der Waals surface area contributed by atoms with E-state index < -0.39 is 11.0 Å². The summed E-state index contributed by atoms with van der Waals surface area (Å²) in [6.07, 6.45) is 0. The second-order valence-electron chi connectivity index (χ2n) is 6.01. The van der Waals surface area contributed by atoms with Gasteiger partial charge in [0.15, 0.2) is 0 Å². The van der Waals surface area contributed by atoms with Gasteiger partial charge in [-0.05, 0) is 24.3 Å². The number of hydrogen-bond acceptors (Lipinski definition) is 8. The van der Waals surface area contributed by atoms with Crippen molar-refractivity contribution in [2.24, 2.45) is 0 Å². The summed E-state index contributed by atoms with van der Waals surface area (Å²) in [6.45, 7) is -0.0235. The van der Waals surface area contributed by atoms with Gasteiger partial charge in [-0.25, -0.2) is 14.8 Å². The summed E-state index contributed by atoms with van der Waals surface area (Å²) in [5.41, 5.74) is 1.37. The van der Waals surface area contributed by atoms with E-state index in [9.17, 15) is 14.9 Å². The number of fused-ring (bicyclic) bond motifs is 1. The van der Waals surface area contributed by atoms with Gasteiger partial charge in [0.25, 0.3) is 17.4 Å². The van der Waals surface area contributed by atoms with E-state index in [2.05, 4.69) is 20.6 Å². The third-order valence-electron chi connectivity index (χ3n) is 4.16. The van der Waals surface area contributed by atoms with Crippen LogP contribution in [-0.2, 0) is 6.54 Å². The largest absolute Gasteiger partial charge is 0.497 e. The molecule has 1 aromatic heterocycles. The monoisotopic (exact) mass is 413 g/mol. The van der Waals surface area contributed by atoms with E-state index in [1.807, 2.05) is 0 Å². The number of ether oxygens (including phenoxy) is 3. The zero-order valence-corrected chi connectivity index (χ0v) is 16.5. The average molecular weight is 413 g/mol. The maximum Gasteiger partial charge on any atom is 0.319 e. The van der Waals surface area contributed by atoms with E-state index in [0.717, 1.165) is 0 Å². The normalized spacial score (nSPS) is 10.4. The third kappa shape index (κ3) is 4.46. The Balaban J connectivity index is 1.85. The Hall–Kier alpha value is -4.15. The summed E-state index contributed by atoms with van der Waals surface area (Å²) in [5.74, 6) is 0.886. The first-order valence-corrected chi connectivity index (χ1v) is 8.71. The van der Waals surface area contributed by atoms with Gasteiger partial charge < -0.3 is 24.8 Å². The van der Waals surface area contributed by atoms with E-state index in [0.29, 0.717) is 22.5 Å². The van der Waals surface area contributed by atoms with Gasteiger partial charge in [0.1, 0.15) is 11.3 Å². The minimum absolute atomic E-state index is 0.0235. The van der Waals surface area contributed by atoms with Crippen molar-refractivity contribution in [1.82, 2.24) is 15.3 Å². The molecule has 0 aliphatic rings. The van der Waals surface area contributed by atoms with Gasteiger partial charge in [-0.15, -0.1) is 0 Å². The number of nitro groups is 1. The van der Waals surface area contributed by atoms with Crippen molar-refractivity contribution < 1.29 is 23.9 Å². The lowest BCUT2D eigenvalue weighted by Crippen LogP contribution is -2.28. The summed E-state index contributed by atoms with van der Waals surface area (Å²) in [6, 6.07) is 8.90. The van der Waals surface area contributed by atoms with Crippen molar-refractivity contribution in [1.29, 1.82) is 0 Å². The fourth-order valence-electron chi connectivity index (χ4n) is 2.71. The van der Waals surface area contributed by atoms with Crippen LogP contribution in [0, 0.1) is 10.1 Å². The quantitative estimate of drug-likeness (QED) is 0.445. The Morgan fingerprint density at radius 1 is 1.03 bits per heavy atom. The van der Waals surface area contributed by atoms with Crippen LogP contribution in [0.5, 0.6) is 17.5 Å². The number of amides is 2. The van der Waals surface area contributed by atoms with Crippen molar-refractivity contribution in [3.63, 3.8) is 0 Å². The number of methoxy groups -OCH3 is 3. The summed E-state index contributed by atoms with van der Waals surface area (Å²) in [5, 5.41) is 16.6. The Morgan fingerprint density at radius 3 is 2.30 bits per heavy atom. The molecule has 0 saturated carbocycles. The molecule has 0 radical (unpaired) electrons. The Labute approximate surface area is 171 Å². The number of hydrogen-bond donors (Lipinski definition) is 2. The number of non-ortho nitro benzene ring substituents is 1. The number of anilines is 1. The number of nitrogens with one attached hydrogen (secondary N) is 2. The fraction of sp³-hybridized carbons (Fsp3) is 0.211. The average Bonchev–Trinajstić information content (AvgIpc) is 2.76. The van der Waals surface area contributed by atoms with Crippen LogP contribution >= 0.6 is 0 Å². The molecule has 0 aliphatic carbocycles. The van der Waals surface area contributed by atoms with E-state index >= 15 is 0 Å². The number of rotatable bonds is 7. The number of urea groups is 1. The van der Waals surface area contributed by atoms with Crippen LogP contribution in [0.15, 0.2) is 36.4 Å². The van der Waals surface area contributed by atoms with Crippen molar-refractivity contribution >= 4 is 28.4 Å². The van der Waals surface area contributed by atoms with Crippen LogP contribution in [-0.4, -0.2) is 42.3 Å². The van der Waals surface area contributed by atoms with Crippen LogP contribution in [0.2, 0.25) is 0 Å². The highest BCUT2D eigenvalue weighted by atomic mass is 16.6. The van der Waals surface area contributed by atoms with Crippen LogP contribution < -0.4 is 24.8 Å². The van der Waals surface area contributed by atoms with Crippen LogP contribution in [0.25, 0.3) is 11.0 Å². The second-order valence-corrected chi connectivity index (χ2v) is 6.01. The molecule has 2 N–H and O–H groups in total. The fourth-order valence-corrected chi connectivity index (χ4v) is 2.71. The first kappa shape index (κ1) is 20.6. The Bertz CT molecular complexity index is 1090. The highest BCUT2D eigenvalue weighted by molar-refractivity contribution is 5.90. The predicted molar refractivity (Wildman–Crippen MR) is 108 cm³/mol. The predicted octanol–water partition coefficient (Wildman–Crippen LogP) is 2.89. The molecule has 3 aromatic rings. The zero-order chi connectivity index (χ0) is 21.7. The minimum atomic E-state index is -0.543. The number of benzene rings is 2. The molecule has 0 atom stereocenters. The minimum Gasteiger partial charge on any atom is -0.497 e. The third-order valence-corrected chi connectivity index (χ3v) is 4.16. The molecule has 0 spiro atoms. The smallest absolute Gasteiger partial charge is 0.319 e. The summed E-state index contributed by atoms with van der Waals surface area (Å²) in [7, 11) is 4.34. The van der Waals surface area contributed by atoms with Gasteiger partial charge in [-0.2, -0.15) is 0 Å². The van der Waals surface area contributed by atoms with Gasteiger partial charge in [-0.1, -0.05) is 0 Å². The molecular formula is C19H19N5O6. The molecule has 3 rings (SSSR count). The van der Waals surface area contributed by atoms with Gasteiger partial charge in [-0.3, -0.25) is 10.1 Å². The summed E-state index contributed by atoms with van der Waals surface area (Å²) >= 11 is 0. The lowest BCUT2D eigenvalue weighted by atomic mass is 10.1. The van der Waals surface area contributed by atoms with Crippen LogP contribution in [0.4, 0.5) is 16.2 Å². The SMILES string of the molecule is COc1ccc(NC(=O)NCc2cc([N+](=O)[O-])cc3nc(OC)c(OC)nc23)cc1. The molecule has 1 heterocycles. The van der Waals surface area contributed by atoms with Crippen molar-refractivity contribution in [3.05, 3.63) is 52.1 Å². The molecule has 30 heavy (non-hydrogen) atoms. The molecule has 0 fully saturated rings.